The molecule has 8 heteroatoms. The number of carbonyl (C=O) groups excluding carboxylic acids is 1. The zero-order valence-electron chi connectivity index (χ0n) is 12.6. The molecule has 0 aliphatic heterocycles. The first-order valence-corrected chi connectivity index (χ1v) is 8.55. The molecule has 126 valence electrons. The summed E-state index contributed by atoms with van der Waals surface area (Å²) < 4.78 is 26.8. The molecule has 0 aliphatic carbocycles. The van der Waals surface area contributed by atoms with Crippen molar-refractivity contribution in [3.05, 3.63) is 60.2 Å². The molecule has 0 atom stereocenters. The molecule has 2 aromatic carbocycles. The van der Waals surface area contributed by atoms with E-state index in [9.17, 15) is 18.0 Å². The lowest BCUT2D eigenvalue weighted by Gasteiger charge is -2.09. The highest BCUT2D eigenvalue weighted by Crippen LogP contribution is 2.16. The van der Waals surface area contributed by atoms with Gasteiger partial charge in [0, 0.05) is 17.8 Å². The molecule has 0 saturated heterocycles. The smallest absolute Gasteiger partial charge is 0.305 e. The Labute approximate surface area is 139 Å². The molecule has 0 spiro atoms. The second-order valence-corrected chi connectivity index (χ2v) is 6.58. The van der Waals surface area contributed by atoms with Crippen LogP contribution in [0.3, 0.4) is 0 Å². The van der Waals surface area contributed by atoms with Gasteiger partial charge in [-0.25, -0.2) is 8.42 Å². The van der Waals surface area contributed by atoms with Crippen LogP contribution in [0.4, 0.5) is 5.69 Å². The molecule has 2 rings (SSSR count). The zero-order valence-corrected chi connectivity index (χ0v) is 13.4. The number of carbonyl (C=O) groups is 2. The highest BCUT2D eigenvalue weighted by Gasteiger charge is 2.13. The van der Waals surface area contributed by atoms with Crippen LogP contribution < -0.4 is 10.0 Å². The van der Waals surface area contributed by atoms with Crippen molar-refractivity contribution >= 4 is 27.6 Å². The molecule has 0 unspecified atom stereocenters. The summed E-state index contributed by atoms with van der Waals surface area (Å²) in [7, 11) is -3.69. The molecule has 3 N–H and O–H groups in total. The second kappa shape index (κ2) is 7.60. The van der Waals surface area contributed by atoms with Gasteiger partial charge >= 0.3 is 5.97 Å². The summed E-state index contributed by atoms with van der Waals surface area (Å²) in [6, 6.07) is 13.8. The molecule has 0 aliphatic rings. The Hall–Kier alpha value is -2.87. The number of sulfonamides is 1. The number of hydrogen-bond donors (Lipinski definition) is 3. The molecule has 0 heterocycles. The van der Waals surface area contributed by atoms with Gasteiger partial charge in [-0.05, 0) is 36.4 Å². The maximum absolute atomic E-state index is 12.2. The Morgan fingerprint density at radius 3 is 2.17 bits per heavy atom. The van der Waals surface area contributed by atoms with Gasteiger partial charge in [-0.2, -0.15) is 0 Å². The van der Waals surface area contributed by atoms with E-state index in [2.05, 4.69) is 10.0 Å². The van der Waals surface area contributed by atoms with Crippen molar-refractivity contribution in [3.63, 3.8) is 0 Å². The first-order valence-electron chi connectivity index (χ1n) is 7.06. The van der Waals surface area contributed by atoms with Crippen molar-refractivity contribution in [2.24, 2.45) is 0 Å². The minimum absolute atomic E-state index is 0.0244. The van der Waals surface area contributed by atoms with Crippen LogP contribution in [0, 0.1) is 0 Å². The third-order valence-electron chi connectivity index (χ3n) is 3.08. The highest BCUT2D eigenvalue weighted by molar-refractivity contribution is 7.92. The second-order valence-electron chi connectivity index (χ2n) is 4.90. The van der Waals surface area contributed by atoms with E-state index in [-0.39, 0.29) is 17.9 Å². The molecule has 24 heavy (non-hydrogen) atoms. The molecular weight excluding hydrogens is 332 g/mol. The molecule has 0 bridgehead atoms. The largest absolute Gasteiger partial charge is 0.481 e. The van der Waals surface area contributed by atoms with Crippen molar-refractivity contribution in [2.75, 3.05) is 11.3 Å². The Kier molecular flexibility index (Phi) is 5.54. The number of carboxylic acid groups (broad SMARTS) is 1. The predicted molar refractivity (Wildman–Crippen MR) is 88.3 cm³/mol. The van der Waals surface area contributed by atoms with Gasteiger partial charge < -0.3 is 10.4 Å². The third kappa shape index (κ3) is 4.82. The summed E-state index contributed by atoms with van der Waals surface area (Å²) in [5, 5.41) is 11.0. The lowest BCUT2D eigenvalue weighted by molar-refractivity contribution is -0.136. The van der Waals surface area contributed by atoms with Crippen LogP contribution in [-0.2, 0) is 14.8 Å². The first-order chi connectivity index (χ1) is 11.4. The molecule has 0 radical (unpaired) electrons. The number of carboxylic acids is 1. The first kappa shape index (κ1) is 17.5. The van der Waals surface area contributed by atoms with Gasteiger partial charge in [-0.1, -0.05) is 18.2 Å². The topological polar surface area (TPSA) is 113 Å². The Balaban J connectivity index is 2.02. The number of amides is 1. The summed E-state index contributed by atoms with van der Waals surface area (Å²) in [4.78, 5) is 22.3. The fraction of sp³-hybridized carbons (Fsp3) is 0.125. The van der Waals surface area contributed by atoms with E-state index in [4.69, 9.17) is 5.11 Å². The van der Waals surface area contributed by atoms with Crippen LogP contribution >= 0.6 is 0 Å². The molecule has 1 amide bonds. The monoisotopic (exact) mass is 348 g/mol. The van der Waals surface area contributed by atoms with E-state index in [1.807, 2.05) is 0 Å². The van der Waals surface area contributed by atoms with Crippen LogP contribution in [0.5, 0.6) is 0 Å². The Morgan fingerprint density at radius 2 is 1.58 bits per heavy atom. The summed E-state index contributed by atoms with van der Waals surface area (Å²) in [6.07, 6.45) is -0.166. The average Bonchev–Trinajstić information content (AvgIpc) is 2.55. The van der Waals surface area contributed by atoms with E-state index in [1.165, 1.54) is 36.4 Å². The molecule has 7 nitrogen and oxygen atoms in total. The van der Waals surface area contributed by atoms with Crippen LogP contribution in [0.1, 0.15) is 16.8 Å². The Morgan fingerprint density at radius 1 is 0.958 bits per heavy atom. The van der Waals surface area contributed by atoms with Gasteiger partial charge in [0.2, 0.25) is 0 Å². The molecule has 0 aromatic heterocycles. The zero-order chi connectivity index (χ0) is 17.6. The van der Waals surface area contributed by atoms with E-state index in [1.54, 1.807) is 18.2 Å². The van der Waals surface area contributed by atoms with Crippen molar-refractivity contribution in [3.8, 4) is 0 Å². The molecule has 2 aromatic rings. The van der Waals surface area contributed by atoms with Crippen LogP contribution in [0.2, 0.25) is 0 Å². The van der Waals surface area contributed by atoms with Crippen molar-refractivity contribution in [1.82, 2.24) is 5.32 Å². The lowest BCUT2D eigenvalue weighted by Crippen LogP contribution is -2.25. The number of aliphatic carboxylic acids is 1. The average molecular weight is 348 g/mol. The fourth-order valence-electron chi connectivity index (χ4n) is 1.89. The number of rotatable bonds is 7. The number of benzene rings is 2. The normalized spacial score (nSPS) is 10.8. The quantitative estimate of drug-likeness (QED) is 0.705. The molecular formula is C16H16N2O5S. The maximum Gasteiger partial charge on any atom is 0.305 e. The highest BCUT2D eigenvalue weighted by atomic mass is 32.2. The van der Waals surface area contributed by atoms with Gasteiger partial charge in [-0.15, -0.1) is 0 Å². The van der Waals surface area contributed by atoms with Gasteiger partial charge in [-0.3, -0.25) is 14.3 Å². The minimum atomic E-state index is -3.69. The van der Waals surface area contributed by atoms with Crippen LogP contribution in [0.25, 0.3) is 0 Å². The Bertz CT molecular complexity index is 817. The summed E-state index contributed by atoms with van der Waals surface area (Å²) >= 11 is 0. The summed E-state index contributed by atoms with van der Waals surface area (Å²) in [6.45, 7) is 0.0244. The molecule has 0 fully saturated rings. The van der Waals surface area contributed by atoms with Crippen molar-refractivity contribution in [1.29, 1.82) is 0 Å². The number of hydrogen-bond acceptors (Lipinski definition) is 4. The summed E-state index contributed by atoms with van der Waals surface area (Å²) in [5.41, 5.74) is 0.629. The summed E-state index contributed by atoms with van der Waals surface area (Å²) in [5.74, 6) is -1.42. The van der Waals surface area contributed by atoms with Crippen molar-refractivity contribution in [2.45, 2.75) is 11.3 Å². The standard InChI is InChI=1S/C16H16N2O5S/c19-15(20)10-11-17-16(21)12-6-8-13(9-7-12)18-24(22,23)14-4-2-1-3-5-14/h1-9,18H,10-11H2,(H,17,21)(H,19,20). The third-order valence-corrected chi connectivity index (χ3v) is 4.47. The van der Waals surface area contributed by atoms with Gasteiger partial charge in [0.15, 0.2) is 0 Å². The van der Waals surface area contributed by atoms with Gasteiger partial charge in [0.25, 0.3) is 15.9 Å². The van der Waals surface area contributed by atoms with Crippen LogP contribution in [-0.4, -0.2) is 31.9 Å². The van der Waals surface area contributed by atoms with Gasteiger partial charge in [0.1, 0.15) is 0 Å². The van der Waals surface area contributed by atoms with Gasteiger partial charge in [0.05, 0.1) is 11.3 Å². The lowest BCUT2D eigenvalue weighted by atomic mass is 10.2. The van der Waals surface area contributed by atoms with E-state index >= 15 is 0 Å². The van der Waals surface area contributed by atoms with E-state index in [0.717, 1.165) is 0 Å². The van der Waals surface area contributed by atoms with Crippen molar-refractivity contribution < 1.29 is 23.1 Å². The molecule has 0 saturated carbocycles. The fourth-order valence-corrected chi connectivity index (χ4v) is 2.97. The SMILES string of the molecule is O=C(O)CCNC(=O)c1ccc(NS(=O)(=O)c2ccccc2)cc1. The maximum atomic E-state index is 12.2. The number of anilines is 1. The van der Waals surface area contributed by atoms with Crippen LogP contribution in [0.15, 0.2) is 59.5 Å². The minimum Gasteiger partial charge on any atom is -0.481 e. The number of nitrogens with one attached hydrogen (secondary N) is 2. The van der Waals surface area contributed by atoms with E-state index in [0.29, 0.717) is 11.3 Å². The predicted octanol–water partition coefficient (Wildman–Crippen LogP) is 1.69. The van der Waals surface area contributed by atoms with E-state index < -0.39 is 21.9 Å².